The van der Waals surface area contributed by atoms with E-state index < -0.39 is 0 Å². The number of unbranched alkanes of at least 4 members (excludes halogenated alkanes) is 2. The predicted molar refractivity (Wildman–Crippen MR) is 152 cm³/mol. The van der Waals surface area contributed by atoms with E-state index in [4.69, 9.17) is 4.74 Å². The van der Waals surface area contributed by atoms with Gasteiger partial charge in [0.2, 0.25) is 0 Å². The van der Waals surface area contributed by atoms with Crippen molar-refractivity contribution in [1.82, 2.24) is 0 Å². The molecule has 2 atom stereocenters. The molecule has 0 saturated heterocycles. The second-order valence-corrected chi connectivity index (χ2v) is 13.1. The van der Waals surface area contributed by atoms with Crippen molar-refractivity contribution in [2.45, 2.75) is 142 Å². The largest absolute Gasteiger partial charge is 0.373 e. The van der Waals surface area contributed by atoms with Gasteiger partial charge in [0.1, 0.15) is 0 Å². The highest BCUT2D eigenvalue weighted by atomic mass is 16.5. The Labute approximate surface area is 218 Å². The summed E-state index contributed by atoms with van der Waals surface area (Å²) in [6.07, 6.45) is 33.9. The normalized spacial score (nSPS) is 34.3. The molecule has 0 radical (unpaired) electrons. The van der Waals surface area contributed by atoms with Gasteiger partial charge in [0, 0.05) is 0 Å². The van der Waals surface area contributed by atoms with Crippen molar-refractivity contribution in [3.8, 4) is 0 Å². The molecule has 0 aromatic rings. The van der Waals surface area contributed by atoms with Gasteiger partial charge in [-0.1, -0.05) is 90.2 Å². The maximum Gasteiger partial charge on any atom is 0.0681 e. The van der Waals surface area contributed by atoms with E-state index in [1.807, 2.05) is 0 Å². The van der Waals surface area contributed by atoms with Crippen molar-refractivity contribution in [3.05, 3.63) is 23.3 Å². The van der Waals surface area contributed by atoms with Gasteiger partial charge in [-0.25, -0.2) is 0 Å². The second-order valence-electron chi connectivity index (χ2n) is 13.1. The zero-order chi connectivity index (χ0) is 24.3. The van der Waals surface area contributed by atoms with Gasteiger partial charge in [-0.15, -0.1) is 0 Å². The maximum atomic E-state index is 6.24. The van der Waals surface area contributed by atoms with E-state index in [0.29, 0.717) is 0 Å². The number of ether oxygens (including phenoxy) is 1. The molecule has 0 heterocycles. The summed E-state index contributed by atoms with van der Waals surface area (Å²) < 4.78 is 6.24. The van der Waals surface area contributed by atoms with Crippen LogP contribution in [0.2, 0.25) is 0 Å². The zero-order valence-electron chi connectivity index (χ0n) is 23.6. The molecule has 2 saturated carbocycles. The molecule has 0 aromatic carbocycles. The first-order chi connectivity index (χ1) is 17.2. The van der Waals surface area contributed by atoms with Crippen LogP contribution < -0.4 is 0 Å². The van der Waals surface area contributed by atoms with Crippen LogP contribution >= 0.6 is 0 Å². The molecule has 0 aromatic heterocycles. The quantitative estimate of drug-likeness (QED) is 0.251. The van der Waals surface area contributed by atoms with Crippen molar-refractivity contribution in [2.24, 2.45) is 35.5 Å². The molecule has 2 fully saturated rings. The summed E-state index contributed by atoms with van der Waals surface area (Å²) in [5.74, 6) is 6.04. The zero-order valence-corrected chi connectivity index (χ0v) is 23.6. The first-order valence-corrected chi connectivity index (χ1v) is 16.2. The first-order valence-electron chi connectivity index (χ1n) is 16.2. The van der Waals surface area contributed by atoms with Crippen molar-refractivity contribution in [2.75, 3.05) is 13.2 Å². The summed E-state index contributed by atoms with van der Waals surface area (Å²) >= 11 is 0. The highest BCUT2D eigenvalue weighted by molar-refractivity contribution is 5.10. The van der Waals surface area contributed by atoms with E-state index in [1.54, 1.807) is 11.1 Å². The molecular formula is C34H58O. The van der Waals surface area contributed by atoms with Gasteiger partial charge in [-0.05, 0) is 111 Å². The van der Waals surface area contributed by atoms with E-state index in [0.717, 1.165) is 48.7 Å². The van der Waals surface area contributed by atoms with Gasteiger partial charge in [0.25, 0.3) is 0 Å². The lowest BCUT2D eigenvalue weighted by Crippen LogP contribution is -2.24. The Morgan fingerprint density at radius 1 is 0.571 bits per heavy atom. The summed E-state index contributed by atoms with van der Waals surface area (Å²) in [7, 11) is 0. The van der Waals surface area contributed by atoms with Crippen LogP contribution in [0.3, 0.4) is 0 Å². The number of hydrogen-bond donors (Lipinski definition) is 0. The molecule has 2 unspecified atom stereocenters. The Balaban J connectivity index is 1.08. The SMILES string of the molecule is CCCCC1CCC(C2CC=C(COCC3=CCC(C4CCC(CCCC)CC4)CC3)CC2)CC1. The van der Waals surface area contributed by atoms with Gasteiger partial charge in [0.15, 0.2) is 0 Å². The molecule has 1 nitrogen and oxygen atoms in total. The fourth-order valence-corrected chi connectivity index (χ4v) is 8.13. The highest BCUT2D eigenvalue weighted by Gasteiger charge is 2.30. The maximum absolute atomic E-state index is 6.24. The topological polar surface area (TPSA) is 9.23 Å². The van der Waals surface area contributed by atoms with Crippen molar-refractivity contribution in [1.29, 1.82) is 0 Å². The van der Waals surface area contributed by atoms with E-state index in [-0.39, 0.29) is 0 Å². The minimum Gasteiger partial charge on any atom is -0.373 e. The fourth-order valence-electron chi connectivity index (χ4n) is 8.13. The summed E-state index contributed by atoms with van der Waals surface area (Å²) in [5.41, 5.74) is 3.18. The summed E-state index contributed by atoms with van der Waals surface area (Å²) in [5, 5.41) is 0. The molecule has 4 rings (SSSR count). The molecule has 0 N–H and O–H groups in total. The predicted octanol–water partition coefficient (Wildman–Crippen LogP) is 10.4. The standard InChI is InChI=1S/C34H58O/c1-3-5-7-27-9-17-31(18-10-27)33-21-13-29(14-22-33)25-35-26-30-15-23-34(24-16-30)32-19-11-28(12-20-32)8-6-4-2/h13,15,27-28,31-34H,3-12,14,16-26H2,1-2H3. The van der Waals surface area contributed by atoms with E-state index in [1.165, 1.54) is 128 Å². The number of hydrogen-bond acceptors (Lipinski definition) is 1. The third-order valence-electron chi connectivity index (χ3n) is 10.7. The Morgan fingerprint density at radius 2 is 1.00 bits per heavy atom. The average Bonchev–Trinajstić information content (AvgIpc) is 2.92. The van der Waals surface area contributed by atoms with Crippen LogP contribution in [0.15, 0.2) is 23.3 Å². The molecule has 4 aliphatic carbocycles. The van der Waals surface area contributed by atoms with Gasteiger partial charge in [-0.2, -0.15) is 0 Å². The third kappa shape index (κ3) is 8.76. The van der Waals surface area contributed by atoms with Crippen molar-refractivity contribution < 1.29 is 4.74 Å². The summed E-state index contributed by atoms with van der Waals surface area (Å²) in [6, 6.07) is 0. The molecule has 0 aliphatic heterocycles. The van der Waals surface area contributed by atoms with Gasteiger partial charge in [0.05, 0.1) is 13.2 Å². The van der Waals surface area contributed by atoms with Crippen molar-refractivity contribution in [3.63, 3.8) is 0 Å². The number of rotatable bonds is 12. The first kappa shape index (κ1) is 27.5. The minimum atomic E-state index is 0.888. The van der Waals surface area contributed by atoms with Gasteiger partial charge < -0.3 is 4.74 Å². The van der Waals surface area contributed by atoms with E-state index in [2.05, 4.69) is 26.0 Å². The smallest absolute Gasteiger partial charge is 0.0681 e. The van der Waals surface area contributed by atoms with Crippen LogP contribution in [-0.4, -0.2) is 13.2 Å². The lowest BCUT2D eigenvalue weighted by molar-refractivity contribution is 0.154. The average molecular weight is 483 g/mol. The number of allylic oxidation sites excluding steroid dienone is 2. The molecule has 0 amide bonds. The van der Waals surface area contributed by atoms with Crippen LogP contribution in [0.25, 0.3) is 0 Å². The Bertz CT molecular complexity index is 588. The fraction of sp³-hybridized carbons (Fsp3) is 0.882. The molecule has 35 heavy (non-hydrogen) atoms. The van der Waals surface area contributed by atoms with E-state index in [9.17, 15) is 0 Å². The minimum absolute atomic E-state index is 0.888. The van der Waals surface area contributed by atoms with Crippen LogP contribution in [0.5, 0.6) is 0 Å². The summed E-state index contributed by atoms with van der Waals surface area (Å²) in [4.78, 5) is 0. The Hall–Kier alpha value is -0.560. The van der Waals surface area contributed by atoms with E-state index >= 15 is 0 Å². The molecule has 0 bridgehead atoms. The summed E-state index contributed by atoms with van der Waals surface area (Å²) in [6.45, 7) is 6.45. The Morgan fingerprint density at radius 3 is 1.34 bits per heavy atom. The van der Waals surface area contributed by atoms with Gasteiger partial charge in [-0.3, -0.25) is 0 Å². The monoisotopic (exact) mass is 482 g/mol. The molecular weight excluding hydrogens is 424 g/mol. The molecule has 200 valence electrons. The van der Waals surface area contributed by atoms with Crippen molar-refractivity contribution >= 4 is 0 Å². The van der Waals surface area contributed by atoms with Crippen LogP contribution in [-0.2, 0) is 4.74 Å². The highest BCUT2D eigenvalue weighted by Crippen LogP contribution is 2.42. The second kappa shape index (κ2) is 15.0. The van der Waals surface area contributed by atoms with Crippen LogP contribution in [0.1, 0.15) is 142 Å². The third-order valence-corrected chi connectivity index (χ3v) is 10.7. The lowest BCUT2D eigenvalue weighted by Gasteiger charge is -2.36. The molecule has 0 spiro atoms. The Kier molecular flexibility index (Phi) is 11.8. The lowest BCUT2D eigenvalue weighted by atomic mass is 9.70. The molecule has 1 heteroatoms. The molecule has 4 aliphatic rings. The van der Waals surface area contributed by atoms with Crippen LogP contribution in [0, 0.1) is 35.5 Å². The van der Waals surface area contributed by atoms with Crippen LogP contribution in [0.4, 0.5) is 0 Å². The van der Waals surface area contributed by atoms with Gasteiger partial charge >= 0.3 is 0 Å².